The first-order chi connectivity index (χ1) is 12.7. The van der Waals surface area contributed by atoms with Crippen LogP contribution < -0.4 is 10.6 Å². The SMILES string of the molecule is CC(C)(C)OC(=O)NCCOCC(NC(=O)OCc1ccccc1)C(=O)O. The van der Waals surface area contributed by atoms with Crippen LogP contribution in [0.1, 0.15) is 26.3 Å². The lowest BCUT2D eigenvalue weighted by atomic mass is 10.2. The highest BCUT2D eigenvalue weighted by atomic mass is 16.6. The summed E-state index contributed by atoms with van der Waals surface area (Å²) in [6.07, 6.45) is -1.45. The number of hydrogen-bond acceptors (Lipinski definition) is 6. The third kappa shape index (κ3) is 10.7. The average molecular weight is 382 g/mol. The van der Waals surface area contributed by atoms with Gasteiger partial charge in [0.1, 0.15) is 12.2 Å². The monoisotopic (exact) mass is 382 g/mol. The molecule has 0 aliphatic carbocycles. The summed E-state index contributed by atoms with van der Waals surface area (Å²) in [4.78, 5) is 34.4. The zero-order chi connectivity index (χ0) is 20.3. The molecule has 0 radical (unpaired) electrons. The molecule has 0 saturated carbocycles. The molecule has 0 heterocycles. The lowest BCUT2D eigenvalue weighted by Crippen LogP contribution is -2.44. The second-order valence-electron chi connectivity index (χ2n) is 6.60. The number of alkyl carbamates (subject to hydrolysis) is 2. The summed E-state index contributed by atoms with van der Waals surface area (Å²) in [6, 6.07) is 7.73. The van der Waals surface area contributed by atoms with Gasteiger partial charge in [-0.25, -0.2) is 14.4 Å². The number of rotatable bonds is 9. The van der Waals surface area contributed by atoms with E-state index in [0.29, 0.717) is 0 Å². The van der Waals surface area contributed by atoms with Gasteiger partial charge in [-0.15, -0.1) is 0 Å². The summed E-state index contributed by atoms with van der Waals surface area (Å²) in [5, 5.41) is 13.8. The maximum atomic E-state index is 11.7. The fourth-order valence-corrected chi connectivity index (χ4v) is 1.82. The lowest BCUT2D eigenvalue weighted by molar-refractivity contribution is -0.141. The molecular weight excluding hydrogens is 356 g/mol. The molecule has 2 amide bonds. The summed E-state index contributed by atoms with van der Waals surface area (Å²) < 4.78 is 15.2. The molecule has 1 aromatic carbocycles. The summed E-state index contributed by atoms with van der Waals surface area (Å²) in [5.41, 5.74) is 0.174. The number of carbonyl (C=O) groups excluding carboxylic acids is 2. The molecule has 0 aliphatic heterocycles. The van der Waals surface area contributed by atoms with Crippen LogP contribution in [-0.4, -0.2) is 54.7 Å². The number of nitrogens with one attached hydrogen (secondary N) is 2. The lowest BCUT2D eigenvalue weighted by Gasteiger charge is -2.19. The smallest absolute Gasteiger partial charge is 0.408 e. The molecule has 27 heavy (non-hydrogen) atoms. The molecule has 9 nitrogen and oxygen atoms in total. The first kappa shape index (κ1) is 22.2. The number of hydrogen-bond donors (Lipinski definition) is 3. The van der Waals surface area contributed by atoms with Gasteiger partial charge in [-0.1, -0.05) is 30.3 Å². The van der Waals surface area contributed by atoms with Gasteiger partial charge in [-0.3, -0.25) is 0 Å². The fourth-order valence-electron chi connectivity index (χ4n) is 1.82. The van der Waals surface area contributed by atoms with E-state index in [0.717, 1.165) is 5.56 Å². The van der Waals surface area contributed by atoms with Crippen molar-refractivity contribution in [2.45, 2.75) is 39.0 Å². The van der Waals surface area contributed by atoms with Crippen molar-refractivity contribution in [2.75, 3.05) is 19.8 Å². The summed E-state index contributed by atoms with van der Waals surface area (Å²) >= 11 is 0. The Morgan fingerprint density at radius 3 is 2.37 bits per heavy atom. The molecule has 1 atom stereocenters. The number of benzene rings is 1. The second-order valence-corrected chi connectivity index (χ2v) is 6.60. The molecule has 0 spiro atoms. The summed E-state index contributed by atoms with van der Waals surface area (Å²) in [7, 11) is 0. The van der Waals surface area contributed by atoms with Crippen LogP contribution in [0.15, 0.2) is 30.3 Å². The van der Waals surface area contributed by atoms with Crippen molar-refractivity contribution in [3.63, 3.8) is 0 Å². The minimum absolute atomic E-state index is 0.0275. The maximum Gasteiger partial charge on any atom is 0.408 e. The number of aliphatic carboxylic acids is 1. The Labute approximate surface area is 158 Å². The Morgan fingerprint density at radius 1 is 1.11 bits per heavy atom. The van der Waals surface area contributed by atoms with Crippen LogP contribution in [0.3, 0.4) is 0 Å². The Hall–Kier alpha value is -2.81. The molecule has 150 valence electrons. The van der Waals surface area contributed by atoms with Gasteiger partial charge >= 0.3 is 18.2 Å². The van der Waals surface area contributed by atoms with Crippen LogP contribution >= 0.6 is 0 Å². The number of ether oxygens (including phenoxy) is 3. The Morgan fingerprint density at radius 2 is 1.78 bits per heavy atom. The third-order valence-electron chi connectivity index (χ3n) is 3.00. The molecule has 3 N–H and O–H groups in total. The van der Waals surface area contributed by atoms with Crippen LogP contribution in [0.5, 0.6) is 0 Å². The Bertz CT molecular complexity index is 614. The summed E-state index contributed by atoms with van der Waals surface area (Å²) in [5.74, 6) is -1.26. The van der Waals surface area contributed by atoms with E-state index in [9.17, 15) is 14.4 Å². The van der Waals surface area contributed by atoms with Crippen LogP contribution in [0.4, 0.5) is 9.59 Å². The topological polar surface area (TPSA) is 123 Å². The van der Waals surface area contributed by atoms with Crippen molar-refractivity contribution in [2.24, 2.45) is 0 Å². The van der Waals surface area contributed by atoms with Gasteiger partial charge < -0.3 is 30.0 Å². The zero-order valence-corrected chi connectivity index (χ0v) is 15.7. The van der Waals surface area contributed by atoms with Crippen molar-refractivity contribution in [1.29, 1.82) is 0 Å². The van der Waals surface area contributed by atoms with E-state index in [4.69, 9.17) is 19.3 Å². The normalized spacial score (nSPS) is 12.0. The molecule has 0 saturated heterocycles. The number of carboxylic acid groups (broad SMARTS) is 1. The van der Waals surface area contributed by atoms with Gasteiger partial charge in [0.15, 0.2) is 6.04 Å². The number of amides is 2. The maximum absolute atomic E-state index is 11.7. The zero-order valence-electron chi connectivity index (χ0n) is 15.7. The van der Waals surface area contributed by atoms with E-state index in [2.05, 4.69) is 10.6 Å². The molecule has 1 unspecified atom stereocenters. The van der Waals surface area contributed by atoms with E-state index in [1.807, 2.05) is 6.07 Å². The highest BCUT2D eigenvalue weighted by Crippen LogP contribution is 2.06. The standard InChI is InChI=1S/C18H26N2O7/c1-18(2,3)27-16(23)19-9-10-25-12-14(15(21)22)20-17(24)26-11-13-7-5-4-6-8-13/h4-8,14H,9-12H2,1-3H3,(H,19,23)(H,20,24)(H,21,22). The highest BCUT2D eigenvalue weighted by molar-refractivity contribution is 5.80. The molecule has 0 bridgehead atoms. The molecular formula is C18H26N2O7. The average Bonchev–Trinajstić information content (AvgIpc) is 2.57. The van der Waals surface area contributed by atoms with E-state index < -0.39 is 29.8 Å². The number of carbonyl (C=O) groups is 3. The van der Waals surface area contributed by atoms with Crippen molar-refractivity contribution in [3.05, 3.63) is 35.9 Å². The number of carboxylic acids is 1. The van der Waals surface area contributed by atoms with Gasteiger partial charge in [0, 0.05) is 6.54 Å². The van der Waals surface area contributed by atoms with E-state index in [1.165, 1.54) is 0 Å². The summed E-state index contributed by atoms with van der Waals surface area (Å²) in [6.45, 7) is 5.17. The fraction of sp³-hybridized carbons (Fsp3) is 0.500. The van der Waals surface area contributed by atoms with E-state index in [-0.39, 0.29) is 26.4 Å². The van der Waals surface area contributed by atoms with Crippen LogP contribution in [0.2, 0.25) is 0 Å². The van der Waals surface area contributed by atoms with Gasteiger partial charge in [-0.2, -0.15) is 0 Å². The molecule has 0 aromatic heterocycles. The Balaban J connectivity index is 2.26. The van der Waals surface area contributed by atoms with Crippen molar-refractivity contribution in [1.82, 2.24) is 10.6 Å². The first-order valence-electron chi connectivity index (χ1n) is 8.42. The van der Waals surface area contributed by atoms with E-state index >= 15 is 0 Å². The molecule has 0 aliphatic rings. The quantitative estimate of drug-likeness (QED) is 0.557. The third-order valence-corrected chi connectivity index (χ3v) is 3.00. The Kier molecular flexibility index (Phi) is 9.07. The van der Waals surface area contributed by atoms with Crippen molar-refractivity contribution < 1.29 is 33.7 Å². The second kappa shape index (κ2) is 11.0. The molecule has 9 heteroatoms. The molecule has 1 aromatic rings. The van der Waals surface area contributed by atoms with Gasteiger partial charge in [0.25, 0.3) is 0 Å². The molecule has 0 fully saturated rings. The van der Waals surface area contributed by atoms with Crippen LogP contribution in [0, 0.1) is 0 Å². The highest BCUT2D eigenvalue weighted by Gasteiger charge is 2.21. The van der Waals surface area contributed by atoms with Crippen LogP contribution in [0.25, 0.3) is 0 Å². The van der Waals surface area contributed by atoms with Gasteiger partial charge in [-0.05, 0) is 26.3 Å². The van der Waals surface area contributed by atoms with Gasteiger partial charge in [0.05, 0.1) is 13.2 Å². The minimum atomic E-state index is -1.27. The van der Waals surface area contributed by atoms with Gasteiger partial charge in [0.2, 0.25) is 0 Å². The predicted octanol–water partition coefficient (Wildman–Crippen LogP) is 1.91. The predicted molar refractivity (Wildman–Crippen MR) is 96.2 cm³/mol. The van der Waals surface area contributed by atoms with Crippen LogP contribution in [-0.2, 0) is 25.6 Å². The van der Waals surface area contributed by atoms with E-state index in [1.54, 1.807) is 45.0 Å². The largest absolute Gasteiger partial charge is 0.480 e. The first-order valence-corrected chi connectivity index (χ1v) is 8.42. The van der Waals surface area contributed by atoms with Crippen molar-refractivity contribution >= 4 is 18.2 Å². The molecule has 1 rings (SSSR count). The van der Waals surface area contributed by atoms with Crippen molar-refractivity contribution in [3.8, 4) is 0 Å². The minimum Gasteiger partial charge on any atom is -0.480 e.